The van der Waals surface area contributed by atoms with Gasteiger partial charge in [0, 0.05) is 24.2 Å². The zero-order valence-electron chi connectivity index (χ0n) is 13.3. The number of pyridine rings is 1. The Morgan fingerprint density at radius 1 is 1.25 bits per heavy atom. The average molecular weight is 388 g/mol. The lowest BCUT2D eigenvalue weighted by Crippen LogP contribution is -2.06. The number of anilines is 3. The number of H-pyrrole nitrogens is 1. The molecular weight excluding hydrogens is 370 g/mol. The normalized spacial score (nSPS) is 10.6. The first-order chi connectivity index (χ1) is 11.7. The van der Waals surface area contributed by atoms with Gasteiger partial charge in [-0.05, 0) is 34.5 Å². The predicted octanol–water partition coefficient (Wildman–Crippen LogP) is 3.67. The molecule has 0 aliphatic carbocycles. The summed E-state index contributed by atoms with van der Waals surface area (Å²) in [5.41, 5.74) is 2.02. The molecule has 0 atom stereocenters. The van der Waals surface area contributed by atoms with Crippen LogP contribution in [0.15, 0.2) is 41.1 Å². The predicted molar refractivity (Wildman–Crippen MR) is 97.2 cm³/mol. The number of aromatic nitrogens is 5. The van der Waals surface area contributed by atoms with Gasteiger partial charge < -0.3 is 10.6 Å². The highest BCUT2D eigenvalue weighted by Gasteiger charge is 2.08. The summed E-state index contributed by atoms with van der Waals surface area (Å²) in [5, 5.41) is 13.6. The van der Waals surface area contributed by atoms with E-state index in [-0.39, 0.29) is 0 Å². The van der Waals surface area contributed by atoms with Crippen LogP contribution in [-0.2, 0) is 13.0 Å². The van der Waals surface area contributed by atoms with Crippen molar-refractivity contribution in [2.24, 2.45) is 0 Å². The summed E-state index contributed by atoms with van der Waals surface area (Å²) in [5.74, 6) is 1.91. The molecule has 24 heavy (non-hydrogen) atoms. The minimum absolute atomic E-state index is 0.524. The zero-order chi connectivity index (χ0) is 16.8. The van der Waals surface area contributed by atoms with Crippen molar-refractivity contribution in [1.82, 2.24) is 25.1 Å². The van der Waals surface area contributed by atoms with E-state index in [9.17, 15) is 0 Å². The second-order valence-electron chi connectivity index (χ2n) is 5.22. The van der Waals surface area contributed by atoms with Gasteiger partial charge in [-0.2, -0.15) is 10.1 Å². The number of aryl methyl sites for hydroxylation is 1. The van der Waals surface area contributed by atoms with Gasteiger partial charge in [-0.15, -0.1) is 0 Å². The lowest BCUT2D eigenvalue weighted by atomic mass is 10.2. The van der Waals surface area contributed by atoms with Crippen molar-refractivity contribution in [3.05, 3.63) is 52.5 Å². The largest absolute Gasteiger partial charge is 0.349 e. The van der Waals surface area contributed by atoms with Gasteiger partial charge in [0.05, 0.1) is 16.7 Å². The Balaban J connectivity index is 1.68. The summed E-state index contributed by atoms with van der Waals surface area (Å²) < 4.78 is 0.769. The number of hydrogen-bond donors (Lipinski definition) is 3. The van der Waals surface area contributed by atoms with Crippen molar-refractivity contribution in [3.8, 4) is 0 Å². The molecule has 0 aromatic carbocycles. The number of halogens is 1. The fourth-order valence-electron chi connectivity index (χ4n) is 2.16. The smallest absolute Gasteiger partial charge is 0.225 e. The van der Waals surface area contributed by atoms with E-state index in [1.54, 1.807) is 12.4 Å². The molecule has 0 saturated heterocycles. The highest BCUT2D eigenvalue weighted by atomic mass is 79.9. The van der Waals surface area contributed by atoms with E-state index in [2.05, 4.69) is 58.6 Å². The van der Waals surface area contributed by atoms with Gasteiger partial charge in [0.1, 0.15) is 0 Å². The highest BCUT2D eigenvalue weighted by Crippen LogP contribution is 2.23. The topological polar surface area (TPSA) is 91.4 Å². The SMILES string of the molecule is CCCc1cc(Nc2nc(NCc3ccccn3)ncc2Br)n[nH]1. The van der Waals surface area contributed by atoms with Crippen LogP contribution >= 0.6 is 15.9 Å². The second kappa shape index (κ2) is 7.87. The molecule has 0 saturated carbocycles. The zero-order valence-corrected chi connectivity index (χ0v) is 14.8. The van der Waals surface area contributed by atoms with E-state index in [1.165, 1.54) is 0 Å². The molecule has 7 nitrogen and oxygen atoms in total. The monoisotopic (exact) mass is 387 g/mol. The molecule has 0 aliphatic rings. The van der Waals surface area contributed by atoms with Crippen molar-refractivity contribution >= 4 is 33.5 Å². The first-order valence-electron chi connectivity index (χ1n) is 7.72. The molecule has 0 aliphatic heterocycles. The second-order valence-corrected chi connectivity index (χ2v) is 6.07. The van der Waals surface area contributed by atoms with Crippen LogP contribution < -0.4 is 10.6 Å². The number of aromatic amines is 1. The molecule has 3 heterocycles. The molecule has 8 heteroatoms. The van der Waals surface area contributed by atoms with Gasteiger partial charge in [0.25, 0.3) is 0 Å². The molecule has 0 fully saturated rings. The van der Waals surface area contributed by atoms with Crippen LogP contribution in [0.5, 0.6) is 0 Å². The Morgan fingerprint density at radius 3 is 2.96 bits per heavy atom. The minimum atomic E-state index is 0.524. The number of nitrogens with one attached hydrogen (secondary N) is 3. The molecule has 0 unspecified atom stereocenters. The van der Waals surface area contributed by atoms with Gasteiger partial charge in [-0.25, -0.2) is 4.98 Å². The average Bonchev–Trinajstić information content (AvgIpc) is 3.04. The Labute approximate surface area is 148 Å². The van der Waals surface area contributed by atoms with Crippen molar-refractivity contribution in [1.29, 1.82) is 0 Å². The molecule has 3 aromatic heterocycles. The minimum Gasteiger partial charge on any atom is -0.349 e. The number of nitrogens with zero attached hydrogens (tertiary/aromatic N) is 4. The van der Waals surface area contributed by atoms with Gasteiger partial charge >= 0.3 is 0 Å². The number of rotatable bonds is 7. The van der Waals surface area contributed by atoms with Crippen molar-refractivity contribution in [2.45, 2.75) is 26.3 Å². The van der Waals surface area contributed by atoms with Crippen LogP contribution in [0.1, 0.15) is 24.7 Å². The van der Waals surface area contributed by atoms with Crippen LogP contribution in [0.3, 0.4) is 0 Å². The molecule has 0 radical (unpaired) electrons. The Kier molecular flexibility index (Phi) is 5.37. The van der Waals surface area contributed by atoms with Crippen LogP contribution in [0, 0.1) is 0 Å². The molecule has 0 spiro atoms. The molecule has 0 amide bonds. The van der Waals surface area contributed by atoms with E-state index in [4.69, 9.17) is 0 Å². The lowest BCUT2D eigenvalue weighted by molar-refractivity contribution is 0.867. The third kappa shape index (κ3) is 4.29. The Hall–Kier alpha value is -2.48. The van der Waals surface area contributed by atoms with Gasteiger partial charge in [-0.1, -0.05) is 19.4 Å². The first kappa shape index (κ1) is 16.4. The summed E-state index contributed by atoms with van der Waals surface area (Å²) in [6, 6.07) is 7.77. The fourth-order valence-corrected chi connectivity index (χ4v) is 2.45. The summed E-state index contributed by atoms with van der Waals surface area (Å²) in [7, 11) is 0. The van der Waals surface area contributed by atoms with Crippen molar-refractivity contribution in [3.63, 3.8) is 0 Å². The fraction of sp³-hybridized carbons (Fsp3) is 0.250. The van der Waals surface area contributed by atoms with E-state index < -0.39 is 0 Å². The third-order valence-corrected chi connectivity index (χ3v) is 3.87. The Morgan fingerprint density at radius 2 is 2.17 bits per heavy atom. The maximum Gasteiger partial charge on any atom is 0.225 e. The number of hydrogen-bond acceptors (Lipinski definition) is 6. The molecule has 124 valence electrons. The van der Waals surface area contributed by atoms with E-state index in [0.29, 0.717) is 18.3 Å². The van der Waals surface area contributed by atoms with Crippen molar-refractivity contribution < 1.29 is 0 Å². The van der Waals surface area contributed by atoms with Crippen LogP contribution in [0.4, 0.5) is 17.6 Å². The molecule has 3 N–H and O–H groups in total. The Bertz CT molecular complexity index is 788. The molecule has 3 rings (SSSR count). The summed E-state index contributed by atoms with van der Waals surface area (Å²) in [4.78, 5) is 13.0. The standard InChI is InChI=1S/C16H18BrN7/c1-2-5-11-8-14(24-23-11)21-15-13(17)10-20-16(22-15)19-9-12-6-3-4-7-18-12/h3-4,6-8,10H,2,5,9H2,1H3,(H3,19,20,21,22,23,24). The third-order valence-electron chi connectivity index (χ3n) is 3.29. The summed E-state index contributed by atoms with van der Waals surface area (Å²) >= 11 is 3.46. The summed E-state index contributed by atoms with van der Waals surface area (Å²) in [6.45, 7) is 2.69. The van der Waals surface area contributed by atoms with Gasteiger partial charge in [0.2, 0.25) is 5.95 Å². The van der Waals surface area contributed by atoms with Crippen LogP contribution in [0.25, 0.3) is 0 Å². The van der Waals surface area contributed by atoms with Crippen LogP contribution in [0.2, 0.25) is 0 Å². The van der Waals surface area contributed by atoms with Gasteiger partial charge in [0.15, 0.2) is 11.6 Å². The van der Waals surface area contributed by atoms with E-state index in [1.807, 2.05) is 24.3 Å². The molecule has 3 aromatic rings. The maximum absolute atomic E-state index is 4.48. The molecular formula is C16H18BrN7. The van der Waals surface area contributed by atoms with Crippen LogP contribution in [-0.4, -0.2) is 25.1 Å². The molecule has 0 bridgehead atoms. The quantitative estimate of drug-likeness (QED) is 0.572. The van der Waals surface area contributed by atoms with Crippen molar-refractivity contribution in [2.75, 3.05) is 10.6 Å². The van der Waals surface area contributed by atoms with E-state index in [0.717, 1.165) is 34.5 Å². The maximum atomic E-state index is 4.48. The van der Waals surface area contributed by atoms with E-state index >= 15 is 0 Å². The first-order valence-corrected chi connectivity index (χ1v) is 8.51. The highest BCUT2D eigenvalue weighted by molar-refractivity contribution is 9.10. The lowest BCUT2D eigenvalue weighted by Gasteiger charge is -2.08. The summed E-state index contributed by atoms with van der Waals surface area (Å²) in [6.07, 6.45) is 5.50. The van der Waals surface area contributed by atoms with Gasteiger partial charge in [-0.3, -0.25) is 10.1 Å².